The molecule has 1 heterocycles. The summed E-state index contributed by atoms with van der Waals surface area (Å²) in [5.74, 6) is -0.295. The molecule has 0 spiro atoms. The molecule has 6 heteroatoms. The fourth-order valence-corrected chi connectivity index (χ4v) is 2.22. The molecule has 1 atom stereocenters. The van der Waals surface area contributed by atoms with Crippen LogP contribution in [0.4, 0.5) is 5.69 Å². The second-order valence-electron chi connectivity index (χ2n) is 4.83. The molecule has 116 valence electrons. The number of hydrogen-bond acceptors (Lipinski definition) is 4. The van der Waals surface area contributed by atoms with E-state index >= 15 is 0 Å². The van der Waals surface area contributed by atoms with Crippen molar-refractivity contribution < 1.29 is 14.3 Å². The number of hydrogen-bond donors (Lipinski definition) is 2. The first-order valence-corrected chi connectivity index (χ1v) is 6.99. The van der Waals surface area contributed by atoms with E-state index in [-0.39, 0.29) is 30.2 Å². The highest BCUT2D eigenvalue weighted by Gasteiger charge is 2.20. The lowest BCUT2D eigenvalue weighted by Gasteiger charge is -2.21. The van der Waals surface area contributed by atoms with Gasteiger partial charge in [-0.1, -0.05) is 0 Å². The van der Waals surface area contributed by atoms with Gasteiger partial charge >= 0.3 is 5.97 Å². The fourth-order valence-electron chi connectivity index (χ4n) is 2.22. The Kier molecular flexibility index (Phi) is 7.19. The predicted octanol–water partition coefficient (Wildman–Crippen LogP) is 2.22. The molecule has 2 rings (SSSR count). The number of piperidine rings is 1. The Morgan fingerprint density at radius 2 is 2.05 bits per heavy atom. The standard InChI is InChI=1S/C15H20N2O3.ClH/c1-2-20-15(19)11-5-7-13(8-6-11)17-14(18)12-4-3-9-16-10-12;/h5-8,12,16H,2-4,9-10H2,1H3,(H,17,18);1H/t12-;/m1./s1. The van der Waals surface area contributed by atoms with Crippen LogP contribution in [0.1, 0.15) is 30.1 Å². The van der Waals surface area contributed by atoms with Crippen LogP contribution in [-0.4, -0.2) is 31.6 Å². The summed E-state index contributed by atoms with van der Waals surface area (Å²) in [6.07, 6.45) is 1.94. The molecule has 0 saturated carbocycles. The molecule has 1 saturated heterocycles. The SMILES string of the molecule is CCOC(=O)c1ccc(NC(=O)[C@@H]2CCCNC2)cc1.Cl. The summed E-state index contributed by atoms with van der Waals surface area (Å²) in [6, 6.07) is 6.76. The number of benzene rings is 1. The number of amides is 1. The van der Waals surface area contributed by atoms with Crippen LogP contribution in [0, 0.1) is 5.92 Å². The van der Waals surface area contributed by atoms with E-state index in [0.717, 1.165) is 25.9 Å². The van der Waals surface area contributed by atoms with Crippen molar-refractivity contribution in [2.45, 2.75) is 19.8 Å². The molecular weight excluding hydrogens is 292 g/mol. The maximum Gasteiger partial charge on any atom is 0.338 e. The van der Waals surface area contributed by atoms with Crippen LogP contribution >= 0.6 is 12.4 Å². The van der Waals surface area contributed by atoms with Crippen molar-refractivity contribution in [1.29, 1.82) is 0 Å². The summed E-state index contributed by atoms with van der Waals surface area (Å²) >= 11 is 0. The van der Waals surface area contributed by atoms with E-state index in [9.17, 15) is 9.59 Å². The van der Waals surface area contributed by atoms with E-state index in [2.05, 4.69) is 10.6 Å². The van der Waals surface area contributed by atoms with Gasteiger partial charge in [-0.3, -0.25) is 4.79 Å². The molecular formula is C15H21ClN2O3. The minimum Gasteiger partial charge on any atom is -0.462 e. The van der Waals surface area contributed by atoms with Crippen molar-refractivity contribution in [3.05, 3.63) is 29.8 Å². The minimum absolute atomic E-state index is 0. The number of nitrogens with one attached hydrogen (secondary N) is 2. The van der Waals surface area contributed by atoms with E-state index in [1.54, 1.807) is 31.2 Å². The zero-order valence-electron chi connectivity index (χ0n) is 12.1. The van der Waals surface area contributed by atoms with Gasteiger partial charge in [0.15, 0.2) is 0 Å². The molecule has 0 aromatic heterocycles. The maximum absolute atomic E-state index is 12.0. The molecule has 1 amide bonds. The van der Waals surface area contributed by atoms with Crippen molar-refractivity contribution >= 4 is 30.0 Å². The van der Waals surface area contributed by atoms with Crippen LogP contribution in [0.3, 0.4) is 0 Å². The zero-order valence-corrected chi connectivity index (χ0v) is 12.9. The second kappa shape index (κ2) is 8.64. The van der Waals surface area contributed by atoms with E-state index < -0.39 is 0 Å². The molecule has 0 radical (unpaired) electrons. The fraction of sp³-hybridized carbons (Fsp3) is 0.467. The minimum atomic E-state index is -0.346. The summed E-state index contributed by atoms with van der Waals surface area (Å²) in [7, 11) is 0. The Balaban J connectivity index is 0.00000220. The predicted molar refractivity (Wildman–Crippen MR) is 83.9 cm³/mol. The van der Waals surface area contributed by atoms with E-state index in [4.69, 9.17) is 4.74 Å². The molecule has 1 aromatic carbocycles. The number of esters is 1. The topological polar surface area (TPSA) is 67.4 Å². The van der Waals surface area contributed by atoms with Crippen LogP contribution in [0.15, 0.2) is 24.3 Å². The lowest BCUT2D eigenvalue weighted by molar-refractivity contribution is -0.120. The molecule has 5 nitrogen and oxygen atoms in total. The molecule has 1 fully saturated rings. The number of carbonyl (C=O) groups is 2. The summed E-state index contributed by atoms with van der Waals surface area (Å²) in [5, 5.41) is 6.10. The molecule has 1 aliphatic rings. The van der Waals surface area contributed by atoms with Gasteiger partial charge in [-0.2, -0.15) is 0 Å². The maximum atomic E-state index is 12.0. The summed E-state index contributed by atoms with van der Waals surface area (Å²) in [6.45, 7) is 3.83. The van der Waals surface area contributed by atoms with Gasteiger partial charge in [0.25, 0.3) is 0 Å². The van der Waals surface area contributed by atoms with Gasteiger partial charge in [0.1, 0.15) is 0 Å². The second-order valence-corrected chi connectivity index (χ2v) is 4.83. The van der Waals surface area contributed by atoms with Crippen LogP contribution in [0.25, 0.3) is 0 Å². The smallest absolute Gasteiger partial charge is 0.338 e. The average molecular weight is 313 g/mol. The van der Waals surface area contributed by atoms with Crippen molar-refractivity contribution in [2.75, 3.05) is 25.0 Å². The van der Waals surface area contributed by atoms with Crippen LogP contribution in [-0.2, 0) is 9.53 Å². The number of anilines is 1. The number of carbonyl (C=O) groups excluding carboxylic acids is 2. The highest BCUT2D eigenvalue weighted by Crippen LogP contribution is 2.15. The third kappa shape index (κ3) is 5.02. The largest absolute Gasteiger partial charge is 0.462 e. The van der Waals surface area contributed by atoms with E-state index in [0.29, 0.717) is 17.9 Å². The van der Waals surface area contributed by atoms with E-state index in [1.165, 1.54) is 0 Å². The Hall–Kier alpha value is -1.59. The third-order valence-corrected chi connectivity index (χ3v) is 3.33. The van der Waals surface area contributed by atoms with Crippen molar-refractivity contribution in [3.63, 3.8) is 0 Å². The Morgan fingerprint density at radius 1 is 1.33 bits per heavy atom. The van der Waals surface area contributed by atoms with Gasteiger partial charge in [0, 0.05) is 12.2 Å². The van der Waals surface area contributed by atoms with Gasteiger partial charge in [0.05, 0.1) is 18.1 Å². The number of halogens is 1. The van der Waals surface area contributed by atoms with Crippen molar-refractivity contribution in [1.82, 2.24) is 5.32 Å². The van der Waals surface area contributed by atoms with Gasteiger partial charge in [0.2, 0.25) is 5.91 Å². The van der Waals surface area contributed by atoms with Gasteiger partial charge < -0.3 is 15.4 Å². The molecule has 0 aliphatic carbocycles. The normalized spacial score (nSPS) is 17.5. The molecule has 0 bridgehead atoms. The monoisotopic (exact) mass is 312 g/mol. The zero-order chi connectivity index (χ0) is 14.4. The number of rotatable bonds is 4. The van der Waals surface area contributed by atoms with Gasteiger partial charge in [-0.25, -0.2) is 4.79 Å². The average Bonchev–Trinajstić information content (AvgIpc) is 2.49. The first-order chi connectivity index (χ1) is 9.70. The quantitative estimate of drug-likeness (QED) is 0.837. The first-order valence-electron chi connectivity index (χ1n) is 6.99. The van der Waals surface area contributed by atoms with Crippen molar-refractivity contribution in [2.24, 2.45) is 5.92 Å². The first kappa shape index (κ1) is 17.5. The Labute approximate surface area is 130 Å². The Bertz CT molecular complexity index is 470. The Morgan fingerprint density at radius 3 is 2.62 bits per heavy atom. The van der Waals surface area contributed by atoms with Gasteiger partial charge in [-0.15, -0.1) is 12.4 Å². The molecule has 21 heavy (non-hydrogen) atoms. The molecule has 1 aromatic rings. The molecule has 1 aliphatic heterocycles. The van der Waals surface area contributed by atoms with E-state index in [1.807, 2.05) is 0 Å². The summed E-state index contributed by atoms with van der Waals surface area (Å²) in [4.78, 5) is 23.6. The van der Waals surface area contributed by atoms with Gasteiger partial charge in [-0.05, 0) is 50.6 Å². The molecule has 0 unspecified atom stereocenters. The lowest BCUT2D eigenvalue weighted by atomic mass is 9.99. The van der Waals surface area contributed by atoms with Crippen molar-refractivity contribution in [3.8, 4) is 0 Å². The lowest BCUT2D eigenvalue weighted by Crippen LogP contribution is -2.37. The number of ether oxygens (including phenoxy) is 1. The van der Waals surface area contributed by atoms with Crippen LogP contribution in [0.2, 0.25) is 0 Å². The highest BCUT2D eigenvalue weighted by atomic mass is 35.5. The molecule has 2 N–H and O–H groups in total. The van der Waals surface area contributed by atoms with Crippen LogP contribution < -0.4 is 10.6 Å². The third-order valence-electron chi connectivity index (χ3n) is 3.33. The summed E-state index contributed by atoms with van der Waals surface area (Å²) < 4.78 is 4.91. The summed E-state index contributed by atoms with van der Waals surface area (Å²) in [5.41, 5.74) is 1.19. The van der Waals surface area contributed by atoms with Crippen LogP contribution in [0.5, 0.6) is 0 Å². The highest BCUT2D eigenvalue weighted by molar-refractivity contribution is 5.94.